The third kappa shape index (κ3) is 3.33. The Balaban J connectivity index is 1.64. The zero-order valence-electron chi connectivity index (χ0n) is 19.4. The first-order valence-electron chi connectivity index (χ1n) is 11.9. The van der Waals surface area contributed by atoms with E-state index >= 15 is 0 Å². The van der Waals surface area contributed by atoms with Gasteiger partial charge in [0.25, 0.3) is 0 Å². The first-order valence-corrected chi connectivity index (χ1v) is 11.9. The molecule has 3 aliphatic rings. The summed E-state index contributed by atoms with van der Waals surface area (Å²) in [5.41, 5.74) is 1.68. The highest BCUT2D eigenvalue weighted by molar-refractivity contribution is 5.80. The van der Waals surface area contributed by atoms with E-state index in [4.69, 9.17) is 0 Å². The van der Waals surface area contributed by atoms with Crippen molar-refractivity contribution < 1.29 is 14.8 Å². The minimum atomic E-state index is -0.432. The van der Waals surface area contributed by atoms with E-state index in [0.717, 1.165) is 43.2 Å². The van der Waals surface area contributed by atoms with Gasteiger partial charge in [0.15, 0.2) is 5.75 Å². The number of hydrogen-bond donors (Lipinski definition) is 1. The van der Waals surface area contributed by atoms with E-state index in [-0.39, 0.29) is 34.9 Å². The van der Waals surface area contributed by atoms with Gasteiger partial charge in [-0.05, 0) is 101 Å². The van der Waals surface area contributed by atoms with Crippen molar-refractivity contribution in [1.82, 2.24) is 4.90 Å². The number of fused-ring (bicyclic) bond motifs is 5. The highest BCUT2D eigenvalue weighted by atomic mass is 16.6. The summed E-state index contributed by atoms with van der Waals surface area (Å²) in [4.78, 5) is 26.8. The molecule has 2 fully saturated rings. The predicted molar refractivity (Wildman–Crippen MR) is 120 cm³/mol. The molecule has 5 atom stereocenters. The van der Waals surface area contributed by atoms with Crippen molar-refractivity contribution in [2.24, 2.45) is 23.2 Å². The summed E-state index contributed by atoms with van der Waals surface area (Å²) in [7, 11) is 0. The van der Waals surface area contributed by atoms with Crippen LogP contribution < -0.4 is 0 Å². The Morgan fingerprint density at radius 1 is 1.16 bits per heavy atom. The van der Waals surface area contributed by atoms with Gasteiger partial charge in [0.2, 0.25) is 5.91 Å². The van der Waals surface area contributed by atoms with E-state index in [2.05, 4.69) is 39.5 Å². The molecule has 0 heterocycles. The van der Waals surface area contributed by atoms with E-state index < -0.39 is 4.92 Å². The topological polar surface area (TPSA) is 83.7 Å². The number of carbonyl (C=O) groups is 1. The van der Waals surface area contributed by atoms with Gasteiger partial charge in [-0.25, -0.2) is 0 Å². The van der Waals surface area contributed by atoms with Gasteiger partial charge in [0.1, 0.15) is 0 Å². The van der Waals surface area contributed by atoms with Crippen LogP contribution >= 0.6 is 0 Å². The Hall–Kier alpha value is -2.11. The molecule has 4 rings (SSSR count). The first kappa shape index (κ1) is 22.1. The van der Waals surface area contributed by atoms with E-state index in [1.807, 2.05) is 6.07 Å². The maximum absolute atomic E-state index is 13.6. The minimum absolute atomic E-state index is 0.000631. The Bertz CT molecular complexity index is 888. The number of rotatable bonds is 4. The largest absolute Gasteiger partial charge is 0.502 e. The molecule has 2 saturated carbocycles. The molecule has 6 heteroatoms. The summed E-state index contributed by atoms with van der Waals surface area (Å²) < 4.78 is 0. The molecule has 0 spiro atoms. The number of nitro benzene ring substituents is 1. The van der Waals surface area contributed by atoms with Crippen molar-refractivity contribution >= 4 is 11.6 Å². The number of hydrogen-bond acceptors (Lipinski definition) is 4. The fraction of sp³-hybridized carbons (Fsp3) is 0.720. The smallest absolute Gasteiger partial charge is 0.314 e. The third-order valence-corrected chi connectivity index (χ3v) is 8.71. The number of nitrogens with zero attached hydrogens (tertiary/aromatic N) is 2. The predicted octanol–water partition coefficient (Wildman–Crippen LogP) is 5.42. The van der Waals surface area contributed by atoms with Crippen LogP contribution in [-0.2, 0) is 11.2 Å². The Kier molecular flexibility index (Phi) is 5.55. The van der Waals surface area contributed by atoms with E-state index in [1.54, 1.807) is 0 Å². The lowest BCUT2D eigenvalue weighted by atomic mass is 9.54. The Morgan fingerprint density at radius 2 is 1.84 bits per heavy atom. The first-order chi connectivity index (χ1) is 14.6. The maximum atomic E-state index is 13.6. The van der Waals surface area contributed by atoms with Gasteiger partial charge >= 0.3 is 5.69 Å². The van der Waals surface area contributed by atoms with Crippen LogP contribution in [-0.4, -0.2) is 32.9 Å². The molecule has 0 bridgehead atoms. The lowest BCUT2D eigenvalue weighted by Crippen LogP contribution is -2.50. The van der Waals surface area contributed by atoms with Crippen LogP contribution in [0.1, 0.15) is 83.8 Å². The fourth-order valence-electron chi connectivity index (χ4n) is 7.53. The average molecular weight is 429 g/mol. The maximum Gasteiger partial charge on any atom is 0.314 e. The van der Waals surface area contributed by atoms with Crippen molar-refractivity contribution in [2.75, 3.05) is 0 Å². The quantitative estimate of drug-likeness (QED) is 0.513. The van der Waals surface area contributed by atoms with Gasteiger partial charge < -0.3 is 10.0 Å². The van der Waals surface area contributed by atoms with Gasteiger partial charge in [-0.15, -0.1) is 0 Å². The van der Waals surface area contributed by atoms with Crippen LogP contribution in [0.2, 0.25) is 0 Å². The molecule has 0 saturated heterocycles. The average Bonchev–Trinajstić information content (AvgIpc) is 3.03. The summed E-state index contributed by atoms with van der Waals surface area (Å²) in [5, 5.41) is 21.7. The van der Waals surface area contributed by atoms with Crippen LogP contribution in [0, 0.1) is 33.3 Å². The van der Waals surface area contributed by atoms with Crippen LogP contribution in [0.4, 0.5) is 5.69 Å². The number of nitro groups is 1. The second-order valence-electron chi connectivity index (χ2n) is 10.8. The van der Waals surface area contributed by atoms with Crippen LogP contribution in [0.5, 0.6) is 5.75 Å². The summed E-state index contributed by atoms with van der Waals surface area (Å²) in [6.07, 6.45) is 5.49. The normalized spacial score (nSPS) is 31.8. The molecule has 31 heavy (non-hydrogen) atoms. The van der Waals surface area contributed by atoms with E-state index in [0.29, 0.717) is 30.1 Å². The highest BCUT2D eigenvalue weighted by Crippen LogP contribution is 2.63. The van der Waals surface area contributed by atoms with Crippen molar-refractivity contribution in [3.63, 3.8) is 0 Å². The number of carbonyl (C=O) groups excluding carboxylic acids is 1. The highest BCUT2D eigenvalue weighted by Gasteiger charge is 2.57. The van der Waals surface area contributed by atoms with Crippen molar-refractivity contribution in [3.05, 3.63) is 33.4 Å². The lowest BCUT2D eigenvalue weighted by molar-refractivity contribution is -0.386. The molecule has 0 aliphatic heterocycles. The number of amides is 1. The Morgan fingerprint density at radius 3 is 2.45 bits per heavy atom. The molecular formula is C25H36N2O4. The van der Waals surface area contributed by atoms with Gasteiger partial charge in [-0.1, -0.05) is 13.0 Å². The molecule has 170 valence electrons. The van der Waals surface area contributed by atoms with Crippen LogP contribution in [0.3, 0.4) is 0 Å². The van der Waals surface area contributed by atoms with Crippen molar-refractivity contribution in [1.29, 1.82) is 0 Å². The zero-order chi connectivity index (χ0) is 22.7. The van der Waals surface area contributed by atoms with E-state index in [1.165, 1.54) is 6.07 Å². The second kappa shape index (κ2) is 7.79. The lowest BCUT2D eigenvalue weighted by Gasteiger charge is -2.51. The van der Waals surface area contributed by atoms with Gasteiger partial charge in [-0.2, -0.15) is 0 Å². The van der Waals surface area contributed by atoms with Crippen molar-refractivity contribution in [3.8, 4) is 5.75 Å². The zero-order valence-corrected chi connectivity index (χ0v) is 19.4. The van der Waals surface area contributed by atoms with Gasteiger partial charge in [0, 0.05) is 23.6 Å². The monoisotopic (exact) mass is 428 g/mol. The van der Waals surface area contributed by atoms with Crippen LogP contribution in [0.25, 0.3) is 0 Å². The minimum Gasteiger partial charge on any atom is -0.502 e. The fourth-order valence-corrected chi connectivity index (χ4v) is 7.53. The summed E-state index contributed by atoms with van der Waals surface area (Å²) in [5.74, 6) is 1.38. The molecule has 1 N–H and O–H groups in total. The molecule has 6 nitrogen and oxygen atoms in total. The Labute approximate surface area is 185 Å². The van der Waals surface area contributed by atoms with Crippen LogP contribution in [0.15, 0.2) is 12.1 Å². The summed E-state index contributed by atoms with van der Waals surface area (Å²) >= 11 is 0. The van der Waals surface area contributed by atoms with Gasteiger partial charge in [0.05, 0.1) is 4.92 Å². The molecule has 0 radical (unpaired) electrons. The molecule has 1 amide bonds. The second-order valence-corrected chi connectivity index (χ2v) is 10.8. The molecular weight excluding hydrogens is 392 g/mol. The molecule has 1 aromatic carbocycles. The third-order valence-electron chi connectivity index (χ3n) is 8.71. The number of phenols is 1. The van der Waals surface area contributed by atoms with E-state index in [9.17, 15) is 20.0 Å². The molecule has 0 unspecified atom stereocenters. The standard InChI is InChI=1S/C25H36N2O4/c1-14(2)26(15(3)4)24(29)21-10-9-20-18-6-7-19-16(17(18)12-13-25(20,21)5)8-11-22(28)23(19)27(30)31/h8,11,14-15,17-18,20-21,28H,6-7,9-10,12-13H2,1-5H3/t17-,18-,20+,21-,25+/m1/s1. The van der Waals surface area contributed by atoms with Gasteiger partial charge in [-0.3, -0.25) is 14.9 Å². The molecule has 0 aromatic heterocycles. The van der Waals surface area contributed by atoms with Crippen molar-refractivity contribution in [2.45, 2.75) is 91.1 Å². The SMILES string of the molecule is CC(C)N(C(=O)[C@H]1CC[C@H]2[C@@H]3CCc4c(ccc(O)c4[N+](=O)[O-])[C@H]3CC[C@]12C)C(C)C. The summed E-state index contributed by atoms with van der Waals surface area (Å²) in [6.45, 7) is 10.7. The number of aromatic hydroxyl groups is 1. The number of phenolic OH excluding ortho intramolecular Hbond substituents is 1. The summed E-state index contributed by atoms with van der Waals surface area (Å²) in [6, 6.07) is 3.80. The molecule has 1 aromatic rings. The molecule has 3 aliphatic carbocycles. The number of benzene rings is 1.